The van der Waals surface area contributed by atoms with Gasteiger partial charge >= 0.3 is 5.97 Å². The van der Waals surface area contributed by atoms with Crippen molar-refractivity contribution in [1.29, 1.82) is 0 Å². The first-order chi connectivity index (χ1) is 9.74. The van der Waals surface area contributed by atoms with Crippen molar-refractivity contribution < 1.29 is 9.53 Å². The molecule has 0 atom stereocenters. The van der Waals surface area contributed by atoms with Gasteiger partial charge in [-0.15, -0.1) is 0 Å². The Balaban J connectivity index is 2.15. The van der Waals surface area contributed by atoms with Gasteiger partial charge in [-0.2, -0.15) is 0 Å². The Bertz CT molecular complexity index is 562. The molecule has 2 aromatic rings. The van der Waals surface area contributed by atoms with E-state index in [9.17, 15) is 4.79 Å². The second-order valence-corrected chi connectivity index (χ2v) is 4.46. The number of esters is 1. The molecule has 0 N–H and O–H groups in total. The molecule has 0 amide bonds. The van der Waals surface area contributed by atoms with Gasteiger partial charge in [0.15, 0.2) is 5.82 Å². The molecule has 0 fully saturated rings. The van der Waals surface area contributed by atoms with E-state index in [2.05, 4.69) is 29.0 Å². The van der Waals surface area contributed by atoms with Gasteiger partial charge < -0.3 is 4.74 Å². The lowest BCUT2D eigenvalue weighted by molar-refractivity contribution is 0.0525. The zero-order valence-corrected chi connectivity index (χ0v) is 11.8. The number of ether oxygens (including phenoxy) is 1. The monoisotopic (exact) mass is 270 g/mol. The van der Waals surface area contributed by atoms with Gasteiger partial charge in [-0.3, -0.25) is 0 Å². The van der Waals surface area contributed by atoms with Crippen molar-refractivity contribution >= 4 is 5.97 Å². The number of nitrogens with zero attached hydrogens (tertiary/aromatic N) is 2. The summed E-state index contributed by atoms with van der Waals surface area (Å²) in [5.74, 6) is 0.221. The van der Waals surface area contributed by atoms with Crippen LogP contribution in [-0.4, -0.2) is 22.5 Å². The summed E-state index contributed by atoms with van der Waals surface area (Å²) in [5, 5.41) is 0. The summed E-state index contributed by atoms with van der Waals surface area (Å²) in [6.07, 6.45) is 5.20. The Morgan fingerprint density at radius 2 is 1.75 bits per heavy atom. The number of benzene rings is 1. The third kappa shape index (κ3) is 3.41. The first-order valence-corrected chi connectivity index (χ1v) is 6.83. The van der Waals surface area contributed by atoms with E-state index < -0.39 is 5.97 Å². The number of hydrogen-bond acceptors (Lipinski definition) is 4. The van der Waals surface area contributed by atoms with Crippen LogP contribution in [0.2, 0.25) is 0 Å². The Morgan fingerprint density at radius 3 is 2.30 bits per heavy atom. The Hall–Kier alpha value is -2.23. The molecule has 4 heteroatoms. The molecule has 20 heavy (non-hydrogen) atoms. The van der Waals surface area contributed by atoms with E-state index in [1.165, 1.54) is 18.0 Å². The van der Waals surface area contributed by atoms with Crippen LogP contribution in [0.5, 0.6) is 0 Å². The molecule has 0 aliphatic carbocycles. The highest BCUT2D eigenvalue weighted by Crippen LogP contribution is 2.16. The first-order valence-electron chi connectivity index (χ1n) is 6.83. The summed E-state index contributed by atoms with van der Waals surface area (Å²) in [5.41, 5.74) is 2.62. The van der Waals surface area contributed by atoms with Gasteiger partial charge in [0.25, 0.3) is 0 Å². The maximum absolute atomic E-state index is 11.5. The fourth-order valence-corrected chi connectivity index (χ4v) is 1.91. The van der Waals surface area contributed by atoms with Crippen LogP contribution in [0.3, 0.4) is 0 Å². The van der Waals surface area contributed by atoms with Crippen molar-refractivity contribution in [3.63, 3.8) is 0 Å². The van der Waals surface area contributed by atoms with Gasteiger partial charge in [0, 0.05) is 18.0 Å². The van der Waals surface area contributed by atoms with E-state index >= 15 is 0 Å². The van der Waals surface area contributed by atoms with E-state index in [0.29, 0.717) is 18.0 Å². The fraction of sp³-hybridized carbons (Fsp3) is 0.312. The SMILES string of the molecule is CCCc1ccc(-c2ncc(C(=O)OCC)cn2)cc1. The summed E-state index contributed by atoms with van der Waals surface area (Å²) < 4.78 is 4.90. The van der Waals surface area contributed by atoms with Gasteiger partial charge in [0.05, 0.1) is 12.2 Å². The molecule has 0 spiro atoms. The summed E-state index contributed by atoms with van der Waals surface area (Å²) in [6.45, 7) is 4.27. The fourth-order valence-electron chi connectivity index (χ4n) is 1.91. The normalized spacial score (nSPS) is 10.3. The second-order valence-electron chi connectivity index (χ2n) is 4.46. The Labute approximate surface area is 118 Å². The summed E-state index contributed by atoms with van der Waals surface area (Å²) in [6, 6.07) is 8.18. The van der Waals surface area contributed by atoms with Crippen molar-refractivity contribution in [3.05, 3.63) is 47.8 Å². The molecule has 0 unspecified atom stereocenters. The molecular weight excluding hydrogens is 252 g/mol. The maximum Gasteiger partial charge on any atom is 0.341 e. The molecule has 1 aromatic carbocycles. The topological polar surface area (TPSA) is 52.1 Å². The van der Waals surface area contributed by atoms with Crippen LogP contribution < -0.4 is 0 Å². The predicted octanol–water partition coefficient (Wildman–Crippen LogP) is 3.27. The average Bonchev–Trinajstić information content (AvgIpc) is 2.49. The molecule has 0 saturated carbocycles. The average molecular weight is 270 g/mol. The summed E-state index contributed by atoms with van der Waals surface area (Å²) in [7, 11) is 0. The van der Waals surface area contributed by atoms with E-state index in [-0.39, 0.29) is 0 Å². The summed E-state index contributed by atoms with van der Waals surface area (Å²) in [4.78, 5) is 19.9. The number of rotatable bonds is 5. The molecule has 0 bridgehead atoms. The maximum atomic E-state index is 11.5. The van der Waals surface area contributed by atoms with Crippen molar-refractivity contribution in [2.75, 3.05) is 6.61 Å². The molecule has 0 aliphatic heterocycles. The lowest BCUT2D eigenvalue weighted by Gasteiger charge is -2.04. The molecule has 0 aliphatic rings. The van der Waals surface area contributed by atoms with Gasteiger partial charge in [-0.05, 0) is 18.9 Å². The number of carbonyl (C=O) groups is 1. The molecule has 0 saturated heterocycles. The standard InChI is InChI=1S/C16H18N2O2/c1-3-5-12-6-8-13(9-7-12)15-17-10-14(11-18-15)16(19)20-4-2/h6-11H,3-5H2,1-2H3. The van der Waals surface area contributed by atoms with Crippen LogP contribution >= 0.6 is 0 Å². The molecule has 4 nitrogen and oxygen atoms in total. The Kier molecular flexibility index (Phi) is 4.82. The second kappa shape index (κ2) is 6.80. The van der Waals surface area contributed by atoms with Crippen LogP contribution in [0, 0.1) is 0 Å². The van der Waals surface area contributed by atoms with E-state index in [0.717, 1.165) is 18.4 Å². The third-order valence-electron chi connectivity index (χ3n) is 2.91. The first kappa shape index (κ1) is 14.2. The van der Waals surface area contributed by atoms with Crippen LogP contribution in [0.15, 0.2) is 36.7 Å². The zero-order chi connectivity index (χ0) is 14.4. The van der Waals surface area contributed by atoms with Gasteiger partial charge in [0.1, 0.15) is 0 Å². The molecule has 1 aromatic heterocycles. The number of aryl methyl sites for hydroxylation is 1. The molecule has 1 heterocycles. The molecular formula is C16H18N2O2. The Morgan fingerprint density at radius 1 is 1.10 bits per heavy atom. The molecule has 104 valence electrons. The van der Waals surface area contributed by atoms with Crippen LogP contribution in [0.4, 0.5) is 0 Å². The van der Waals surface area contributed by atoms with Crippen LogP contribution in [-0.2, 0) is 11.2 Å². The highest BCUT2D eigenvalue weighted by atomic mass is 16.5. The number of carbonyl (C=O) groups excluding carboxylic acids is 1. The van der Waals surface area contributed by atoms with Crippen molar-refractivity contribution in [1.82, 2.24) is 9.97 Å². The van der Waals surface area contributed by atoms with E-state index in [4.69, 9.17) is 4.74 Å². The highest BCUT2D eigenvalue weighted by molar-refractivity contribution is 5.88. The number of aromatic nitrogens is 2. The van der Waals surface area contributed by atoms with E-state index in [1.807, 2.05) is 12.1 Å². The summed E-state index contributed by atoms with van der Waals surface area (Å²) >= 11 is 0. The van der Waals surface area contributed by atoms with Crippen LogP contribution in [0.1, 0.15) is 36.2 Å². The quantitative estimate of drug-likeness (QED) is 0.782. The minimum absolute atomic E-state index is 0.347. The van der Waals surface area contributed by atoms with Gasteiger partial charge in [-0.25, -0.2) is 14.8 Å². The smallest absolute Gasteiger partial charge is 0.341 e. The largest absolute Gasteiger partial charge is 0.462 e. The van der Waals surface area contributed by atoms with Crippen molar-refractivity contribution in [2.45, 2.75) is 26.7 Å². The highest BCUT2D eigenvalue weighted by Gasteiger charge is 2.08. The minimum Gasteiger partial charge on any atom is -0.462 e. The van der Waals surface area contributed by atoms with Crippen molar-refractivity contribution in [3.8, 4) is 11.4 Å². The van der Waals surface area contributed by atoms with Gasteiger partial charge in [0.2, 0.25) is 0 Å². The van der Waals surface area contributed by atoms with Crippen molar-refractivity contribution in [2.24, 2.45) is 0 Å². The molecule has 0 radical (unpaired) electrons. The zero-order valence-electron chi connectivity index (χ0n) is 11.8. The lowest BCUT2D eigenvalue weighted by Crippen LogP contribution is -2.06. The number of hydrogen-bond donors (Lipinski definition) is 0. The predicted molar refractivity (Wildman–Crippen MR) is 77.4 cm³/mol. The minimum atomic E-state index is -0.391. The third-order valence-corrected chi connectivity index (χ3v) is 2.91. The van der Waals surface area contributed by atoms with Crippen LogP contribution in [0.25, 0.3) is 11.4 Å². The lowest BCUT2D eigenvalue weighted by atomic mass is 10.1. The molecule has 2 rings (SSSR count). The van der Waals surface area contributed by atoms with E-state index in [1.54, 1.807) is 6.92 Å². The van der Waals surface area contributed by atoms with Gasteiger partial charge in [-0.1, -0.05) is 37.6 Å².